The standard InChI is InChI=1S/C11H7ClN4OS/c12-7-4-14-5-15-10(7)18-11-16-8-3-6(13)1-2-9(8)17-11/h1-5H,13H2. The maximum Gasteiger partial charge on any atom is 0.263 e. The SMILES string of the molecule is Nc1ccc2oc(Sc3ncncc3Cl)nc2c1. The number of oxazole rings is 1. The lowest BCUT2D eigenvalue weighted by molar-refractivity contribution is 0.489. The molecule has 0 amide bonds. The van der Waals surface area contributed by atoms with Crippen LogP contribution in [0.5, 0.6) is 0 Å². The summed E-state index contributed by atoms with van der Waals surface area (Å²) in [5.74, 6) is 0. The summed E-state index contributed by atoms with van der Waals surface area (Å²) in [7, 11) is 0. The van der Waals surface area contributed by atoms with Gasteiger partial charge in [0.2, 0.25) is 0 Å². The van der Waals surface area contributed by atoms with Crippen LogP contribution in [0, 0.1) is 0 Å². The molecule has 1 aromatic carbocycles. The molecule has 2 heterocycles. The van der Waals surface area contributed by atoms with Crippen molar-refractivity contribution >= 4 is 40.1 Å². The van der Waals surface area contributed by atoms with Crippen LogP contribution < -0.4 is 5.73 Å². The molecule has 0 bridgehead atoms. The minimum Gasteiger partial charge on any atom is -0.431 e. The van der Waals surface area contributed by atoms with Gasteiger partial charge < -0.3 is 10.2 Å². The first-order valence-electron chi connectivity index (χ1n) is 5.02. The third kappa shape index (κ3) is 2.12. The number of rotatable bonds is 2. The average molecular weight is 279 g/mol. The van der Waals surface area contributed by atoms with Gasteiger partial charge in [0, 0.05) is 5.69 Å². The molecule has 18 heavy (non-hydrogen) atoms. The molecule has 2 N–H and O–H groups in total. The number of halogens is 1. The highest BCUT2D eigenvalue weighted by atomic mass is 35.5. The predicted molar refractivity (Wildman–Crippen MR) is 69.6 cm³/mol. The van der Waals surface area contributed by atoms with Crippen LogP contribution in [0.3, 0.4) is 0 Å². The number of hydrogen-bond acceptors (Lipinski definition) is 6. The van der Waals surface area contributed by atoms with Crippen molar-refractivity contribution in [3.8, 4) is 0 Å². The largest absolute Gasteiger partial charge is 0.431 e. The van der Waals surface area contributed by atoms with Crippen molar-refractivity contribution in [2.75, 3.05) is 5.73 Å². The molecule has 3 rings (SSSR count). The second kappa shape index (κ2) is 4.47. The number of nitrogens with zero attached hydrogens (tertiary/aromatic N) is 3. The number of fused-ring (bicyclic) bond motifs is 1. The van der Waals surface area contributed by atoms with Crippen molar-refractivity contribution in [2.24, 2.45) is 0 Å². The Balaban J connectivity index is 1.98. The highest BCUT2D eigenvalue weighted by Crippen LogP contribution is 2.32. The van der Waals surface area contributed by atoms with Gasteiger partial charge in [0.1, 0.15) is 16.9 Å². The lowest BCUT2D eigenvalue weighted by atomic mass is 10.3. The van der Waals surface area contributed by atoms with Crippen LogP contribution in [0.1, 0.15) is 0 Å². The Kier molecular flexibility index (Phi) is 2.81. The molecular formula is C11H7ClN4OS. The molecule has 0 aliphatic carbocycles. The smallest absolute Gasteiger partial charge is 0.263 e. The molecule has 2 aromatic heterocycles. The Morgan fingerprint density at radius 3 is 3.06 bits per heavy atom. The van der Waals surface area contributed by atoms with Gasteiger partial charge in [-0.15, -0.1) is 0 Å². The minimum absolute atomic E-state index is 0.462. The molecule has 0 atom stereocenters. The summed E-state index contributed by atoms with van der Waals surface area (Å²) in [6.07, 6.45) is 2.95. The van der Waals surface area contributed by atoms with E-state index in [1.54, 1.807) is 18.2 Å². The van der Waals surface area contributed by atoms with Gasteiger partial charge in [0.15, 0.2) is 5.58 Å². The summed E-state index contributed by atoms with van der Waals surface area (Å²) < 4.78 is 5.56. The maximum absolute atomic E-state index is 5.96. The van der Waals surface area contributed by atoms with Crippen LogP contribution >= 0.6 is 23.4 Å². The zero-order valence-corrected chi connectivity index (χ0v) is 10.6. The van der Waals surface area contributed by atoms with Gasteiger partial charge in [-0.3, -0.25) is 0 Å². The first-order valence-corrected chi connectivity index (χ1v) is 6.21. The quantitative estimate of drug-likeness (QED) is 0.573. The number of nitrogens with two attached hydrogens (primary N) is 1. The topological polar surface area (TPSA) is 77.8 Å². The van der Waals surface area contributed by atoms with E-state index in [0.717, 1.165) is 0 Å². The zero-order chi connectivity index (χ0) is 12.5. The molecular weight excluding hydrogens is 272 g/mol. The van der Waals surface area contributed by atoms with Crippen molar-refractivity contribution in [2.45, 2.75) is 10.2 Å². The van der Waals surface area contributed by atoms with Crippen LogP contribution in [0.15, 0.2) is 45.4 Å². The Morgan fingerprint density at radius 2 is 2.22 bits per heavy atom. The monoisotopic (exact) mass is 278 g/mol. The van der Waals surface area contributed by atoms with Gasteiger partial charge in [-0.2, -0.15) is 0 Å². The highest BCUT2D eigenvalue weighted by Gasteiger charge is 2.11. The van der Waals surface area contributed by atoms with Crippen LogP contribution in [-0.2, 0) is 0 Å². The molecule has 5 nitrogen and oxygen atoms in total. The highest BCUT2D eigenvalue weighted by molar-refractivity contribution is 7.99. The Labute approximate surface area is 111 Å². The third-order valence-corrected chi connectivity index (χ3v) is 3.47. The van der Waals surface area contributed by atoms with Crippen LogP contribution in [0.2, 0.25) is 5.02 Å². The molecule has 90 valence electrons. The number of anilines is 1. The third-order valence-electron chi connectivity index (χ3n) is 2.21. The molecule has 3 aromatic rings. The molecule has 0 fully saturated rings. The van der Waals surface area contributed by atoms with Crippen LogP contribution in [-0.4, -0.2) is 15.0 Å². The van der Waals surface area contributed by atoms with Gasteiger partial charge in [-0.1, -0.05) is 11.6 Å². The predicted octanol–water partition coefficient (Wildman–Crippen LogP) is 3.00. The summed E-state index contributed by atoms with van der Waals surface area (Å²) in [5, 5.41) is 1.53. The normalized spacial score (nSPS) is 10.9. The first-order chi connectivity index (χ1) is 8.72. The van der Waals surface area contributed by atoms with E-state index in [9.17, 15) is 0 Å². The van der Waals surface area contributed by atoms with E-state index in [-0.39, 0.29) is 0 Å². The average Bonchev–Trinajstić information content (AvgIpc) is 2.73. The number of benzene rings is 1. The Hall–Kier alpha value is -1.79. The van der Waals surface area contributed by atoms with E-state index in [2.05, 4.69) is 15.0 Å². The summed E-state index contributed by atoms with van der Waals surface area (Å²) in [5.41, 5.74) is 7.71. The zero-order valence-electron chi connectivity index (χ0n) is 9.00. The fourth-order valence-electron chi connectivity index (χ4n) is 1.43. The van der Waals surface area contributed by atoms with Gasteiger partial charge in [-0.25, -0.2) is 15.0 Å². The van der Waals surface area contributed by atoms with Crippen LogP contribution in [0.4, 0.5) is 5.69 Å². The van der Waals surface area contributed by atoms with E-state index in [4.69, 9.17) is 21.8 Å². The maximum atomic E-state index is 5.96. The van der Waals surface area contributed by atoms with Crippen molar-refractivity contribution in [3.05, 3.63) is 35.7 Å². The molecule has 0 saturated carbocycles. The number of aromatic nitrogens is 3. The molecule has 0 aliphatic heterocycles. The van der Waals surface area contributed by atoms with Crippen molar-refractivity contribution < 1.29 is 4.42 Å². The van der Waals surface area contributed by atoms with Crippen molar-refractivity contribution in [1.29, 1.82) is 0 Å². The summed E-state index contributed by atoms with van der Waals surface area (Å²) in [4.78, 5) is 12.2. The lowest BCUT2D eigenvalue weighted by Crippen LogP contribution is -1.83. The fourth-order valence-corrected chi connectivity index (χ4v) is 2.34. The summed E-state index contributed by atoms with van der Waals surface area (Å²) >= 11 is 7.21. The lowest BCUT2D eigenvalue weighted by Gasteiger charge is -1.96. The summed E-state index contributed by atoms with van der Waals surface area (Å²) in [6.45, 7) is 0. The van der Waals surface area contributed by atoms with Gasteiger partial charge in [0.05, 0.1) is 11.2 Å². The molecule has 0 spiro atoms. The second-order valence-electron chi connectivity index (χ2n) is 3.48. The molecule has 0 aliphatic rings. The van der Waals surface area contributed by atoms with E-state index < -0.39 is 0 Å². The van der Waals surface area contributed by atoms with E-state index >= 15 is 0 Å². The first kappa shape index (κ1) is 11.3. The summed E-state index contributed by atoms with van der Waals surface area (Å²) in [6, 6.07) is 5.30. The number of nitrogen functional groups attached to an aromatic ring is 1. The van der Waals surface area contributed by atoms with Gasteiger partial charge in [-0.05, 0) is 30.0 Å². The number of hydrogen-bond donors (Lipinski definition) is 1. The van der Waals surface area contributed by atoms with E-state index in [1.807, 2.05) is 0 Å². The molecule has 0 saturated heterocycles. The van der Waals surface area contributed by atoms with Gasteiger partial charge in [0.25, 0.3) is 5.22 Å². The van der Waals surface area contributed by atoms with E-state index in [1.165, 1.54) is 24.3 Å². The van der Waals surface area contributed by atoms with Crippen LogP contribution in [0.25, 0.3) is 11.1 Å². The molecule has 0 radical (unpaired) electrons. The van der Waals surface area contributed by atoms with Crippen molar-refractivity contribution in [1.82, 2.24) is 15.0 Å². The van der Waals surface area contributed by atoms with E-state index in [0.29, 0.717) is 32.1 Å². The Bertz CT molecular complexity index is 715. The molecule has 7 heteroatoms. The van der Waals surface area contributed by atoms with Crippen molar-refractivity contribution in [3.63, 3.8) is 0 Å². The second-order valence-corrected chi connectivity index (χ2v) is 4.83. The Morgan fingerprint density at radius 1 is 1.33 bits per heavy atom. The van der Waals surface area contributed by atoms with Gasteiger partial charge >= 0.3 is 0 Å². The molecule has 0 unspecified atom stereocenters. The fraction of sp³-hybridized carbons (Fsp3) is 0. The minimum atomic E-state index is 0.462.